The van der Waals surface area contributed by atoms with Gasteiger partial charge < -0.3 is 5.32 Å². The molecule has 138 valence electrons. The molecule has 6 heteroatoms. The highest BCUT2D eigenvalue weighted by molar-refractivity contribution is 7.80. The van der Waals surface area contributed by atoms with Crippen molar-refractivity contribution < 1.29 is 0 Å². The molecule has 4 rings (SSSR count). The molecule has 1 heterocycles. The summed E-state index contributed by atoms with van der Waals surface area (Å²) in [4.78, 5) is 4.84. The SMILES string of the molecule is Cc1ccc(-c2nc3ccccc3c(=S)n2NC(=S)Nc2ccccc2)cc1. The van der Waals surface area contributed by atoms with Gasteiger partial charge in [-0.3, -0.25) is 5.43 Å². The zero-order chi connectivity index (χ0) is 19.5. The Labute approximate surface area is 173 Å². The van der Waals surface area contributed by atoms with Crippen molar-refractivity contribution in [3.8, 4) is 11.4 Å². The molecule has 0 aliphatic rings. The normalized spacial score (nSPS) is 10.6. The number of hydrogen-bond donors (Lipinski definition) is 2. The second-order valence-electron chi connectivity index (χ2n) is 6.39. The van der Waals surface area contributed by atoms with E-state index in [-0.39, 0.29) is 0 Å². The second-order valence-corrected chi connectivity index (χ2v) is 7.19. The van der Waals surface area contributed by atoms with Crippen molar-refractivity contribution in [2.45, 2.75) is 6.92 Å². The van der Waals surface area contributed by atoms with Gasteiger partial charge in [-0.05, 0) is 43.4 Å². The summed E-state index contributed by atoms with van der Waals surface area (Å²) in [7, 11) is 0. The number of fused-ring (bicyclic) bond motifs is 1. The highest BCUT2D eigenvalue weighted by Crippen LogP contribution is 2.22. The van der Waals surface area contributed by atoms with Crippen LogP contribution < -0.4 is 10.7 Å². The van der Waals surface area contributed by atoms with E-state index in [1.54, 1.807) is 4.68 Å². The number of thiocarbonyl (C=S) groups is 1. The number of aryl methyl sites for hydroxylation is 1. The first-order valence-electron chi connectivity index (χ1n) is 8.84. The molecule has 0 saturated heterocycles. The maximum atomic E-state index is 5.76. The van der Waals surface area contributed by atoms with Crippen molar-refractivity contribution in [2.75, 3.05) is 10.7 Å². The first-order valence-corrected chi connectivity index (χ1v) is 9.65. The number of aromatic nitrogens is 2. The topological polar surface area (TPSA) is 41.9 Å². The molecule has 4 aromatic rings. The van der Waals surface area contributed by atoms with Crippen LogP contribution in [0, 0.1) is 11.6 Å². The molecular weight excluding hydrogens is 384 g/mol. The highest BCUT2D eigenvalue weighted by atomic mass is 32.1. The average Bonchev–Trinajstić information content (AvgIpc) is 2.71. The van der Waals surface area contributed by atoms with Gasteiger partial charge in [0.05, 0.1) is 5.52 Å². The van der Waals surface area contributed by atoms with Gasteiger partial charge in [0.25, 0.3) is 0 Å². The Morgan fingerprint density at radius 1 is 0.893 bits per heavy atom. The van der Waals surface area contributed by atoms with E-state index >= 15 is 0 Å². The van der Waals surface area contributed by atoms with Gasteiger partial charge in [0, 0.05) is 16.6 Å². The summed E-state index contributed by atoms with van der Waals surface area (Å²) in [6, 6.07) is 25.8. The predicted molar refractivity (Wildman–Crippen MR) is 123 cm³/mol. The van der Waals surface area contributed by atoms with Crippen molar-refractivity contribution in [3.63, 3.8) is 0 Å². The summed E-state index contributed by atoms with van der Waals surface area (Å²) >= 11 is 11.3. The van der Waals surface area contributed by atoms with Crippen molar-refractivity contribution in [3.05, 3.63) is 89.1 Å². The van der Waals surface area contributed by atoms with Crippen LogP contribution in [0.4, 0.5) is 5.69 Å². The third-order valence-electron chi connectivity index (χ3n) is 4.33. The Bertz CT molecular complexity index is 1200. The van der Waals surface area contributed by atoms with Crippen LogP contribution in [0.5, 0.6) is 0 Å². The lowest BCUT2D eigenvalue weighted by Crippen LogP contribution is -2.29. The van der Waals surface area contributed by atoms with Gasteiger partial charge in [0.1, 0.15) is 4.64 Å². The van der Waals surface area contributed by atoms with E-state index in [1.165, 1.54) is 5.56 Å². The third-order valence-corrected chi connectivity index (χ3v) is 4.93. The molecule has 4 nitrogen and oxygen atoms in total. The maximum Gasteiger partial charge on any atom is 0.190 e. The Morgan fingerprint density at radius 2 is 1.57 bits per heavy atom. The van der Waals surface area contributed by atoms with Crippen LogP contribution >= 0.6 is 24.4 Å². The molecule has 0 radical (unpaired) electrons. The molecule has 0 aliphatic heterocycles. The lowest BCUT2D eigenvalue weighted by atomic mass is 10.1. The number of nitrogens with one attached hydrogen (secondary N) is 2. The molecule has 0 saturated carbocycles. The molecule has 1 aromatic heterocycles. The molecule has 0 fully saturated rings. The van der Waals surface area contributed by atoms with Gasteiger partial charge in [0.2, 0.25) is 0 Å². The molecule has 0 atom stereocenters. The fourth-order valence-corrected chi connectivity index (χ4v) is 3.43. The zero-order valence-electron chi connectivity index (χ0n) is 15.2. The molecule has 0 amide bonds. The van der Waals surface area contributed by atoms with Gasteiger partial charge in [-0.15, -0.1) is 0 Å². The Morgan fingerprint density at radius 3 is 2.32 bits per heavy atom. The van der Waals surface area contributed by atoms with Crippen LogP contribution in [0.3, 0.4) is 0 Å². The number of para-hydroxylation sites is 2. The minimum atomic E-state index is 0.438. The van der Waals surface area contributed by atoms with Crippen molar-refractivity contribution in [2.24, 2.45) is 0 Å². The van der Waals surface area contributed by atoms with E-state index in [0.717, 1.165) is 22.2 Å². The fourth-order valence-electron chi connectivity index (χ4n) is 2.91. The summed E-state index contributed by atoms with van der Waals surface area (Å²) in [6.45, 7) is 2.06. The van der Waals surface area contributed by atoms with Gasteiger partial charge in [-0.1, -0.05) is 72.4 Å². The molecular formula is C22H18N4S2. The van der Waals surface area contributed by atoms with E-state index < -0.39 is 0 Å². The molecule has 0 unspecified atom stereocenters. The Kier molecular flexibility index (Phi) is 5.14. The second kappa shape index (κ2) is 7.88. The Balaban J connectivity index is 1.80. The molecule has 0 spiro atoms. The van der Waals surface area contributed by atoms with Crippen molar-refractivity contribution in [1.82, 2.24) is 9.66 Å². The van der Waals surface area contributed by atoms with Crippen LogP contribution in [-0.4, -0.2) is 14.8 Å². The van der Waals surface area contributed by atoms with E-state index in [0.29, 0.717) is 15.6 Å². The number of benzene rings is 3. The molecule has 0 bridgehead atoms. The zero-order valence-corrected chi connectivity index (χ0v) is 16.8. The average molecular weight is 403 g/mol. The van der Waals surface area contributed by atoms with Crippen LogP contribution in [-0.2, 0) is 0 Å². The predicted octanol–water partition coefficient (Wildman–Crippen LogP) is 5.68. The molecule has 28 heavy (non-hydrogen) atoms. The van der Waals surface area contributed by atoms with Crippen molar-refractivity contribution in [1.29, 1.82) is 0 Å². The summed E-state index contributed by atoms with van der Waals surface area (Å²) in [6.07, 6.45) is 0. The molecule has 2 N–H and O–H groups in total. The van der Waals surface area contributed by atoms with E-state index in [9.17, 15) is 0 Å². The van der Waals surface area contributed by atoms with Gasteiger partial charge in [-0.25, -0.2) is 9.66 Å². The maximum absolute atomic E-state index is 5.76. The Hall–Kier alpha value is -3.09. The third kappa shape index (κ3) is 3.78. The molecule has 0 aliphatic carbocycles. The lowest BCUT2D eigenvalue weighted by Gasteiger charge is -2.18. The summed E-state index contributed by atoms with van der Waals surface area (Å²) < 4.78 is 2.39. The fraction of sp³-hybridized carbons (Fsp3) is 0.0455. The summed E-state index contributed by atoms with van der Waals surface area (Å²) in [5.41, 5.74) is 7.09. The van der Waals surface area contributed by atoms with Crippen LogP contribution in [0.15, 0.2) is 78.9 Å². The van der Waals surface area contributed by atoms with Crippen LogP contribution in [0.2, 0.25) is 0 Å². The number of hydrogen-bond acceptors (Lipinski definition) is 3. The smallest absolute Gasteiger partial charge is 0.190 e. The molecule has 3 aromatic carbocycles. The highest BCUT2D eigenvalue weighted by Gasteiger charge is 2.12. The van der Waals surface area contributed by atoms with Gasteiger partial charge in [0.15, 0.2) is 10.9 Å². The van der Waals surface area contributed by atoms with E-state index in [1.807, 2.05) is 66.7 Å². The number of anilines is 1. The summed E-state index contributed by atoms with van der Waals surface area (Å²) in [5.74, 6) is 0.709. The number of nitrogens with zero attached hydrogens (tertiary/aromatic N) is 2. The minimum absolute atomic E-state index is 0.438. The first kappa shape index (κ1) is 18.3. The quantitative estimate of drug-likeness (QED) is 0.432. The van der Waals surface area contributed by atoms with E-state index in [4.69, 9.17) is 29.4 Å². The van der Waals surface area contributed by atoms with Crippen LogP contribution in [0.25, 0.3) is 22.3 Å². The van der Waals surface area contributed by atoms with Crippen molar-refractivity contribution >= 4 is 46.1 Å². The monoisotopic (exact) mass is 402 g/mol. The van der Waals surface area contributed by atoms with Gasteiger partial charge >= 0.3 is 0 Å². The number of rotatable bonds is 3. The lowest BCUT2D eigenvalue weighted by molar-refractivity contribution is 0.935. The standard InChI is InChI=1S/C22H18N4S2/c1-15-11-13-16(14-12-15)20-24-19-10-6-5-9-18(19)21(27)26(20)25-22(28)23-17-7-3-2-4-8-17/h2-14H,1H3,(H2,23,25,28). The van der Waals surface area contributed by atoms with Gasteiger partial charge in [-0.2, -0.15) is 0 Å². The first-order chi connectivity index (χ1) is 13.6. The van der Waals surface area contributed by atoms with Crippen LogP contribution in [0.1, 0.15) is 5.56 Å². The minimum Gasteiger partial charge on any atom is -0.331 e. The van der Waals surface area contributed by atoms with E-state index in [2.05, 4.69) is 29.8 Å². The largest absolute Gasteiger partial charge is 0.331 e. The summed E-state index contributed by atoms with van der Waals surface area (Å²) in [5, 5.41) is 4.51.